The van der Waals surface area contributed by atoms with Gasteiger partial charge in [0.05, 0.1) is 11.4 Å². The fraction of sp³-hybridized carbons (Fsp3) is 0.111. The highest BCUT2D eigenvalue weighted by atomic mass is 14.9. The predicted octanol–water partition coefficient (Wildman–Crippen LogP) is 4.93. The molecule has 100 valence electrons. The van der Waals surface area contributed by atoms with Crippen molar-refractivity contribution in [2.24, 2.45) is 0 Å². The Morgan fingerprint density at radius 2 is 1.45 bits per heavy atom. The summed E-state index contributed by atoms with van der Waals surface area (Å²) in [7, 11) is 1.94. The minimum absolute atomic E-state index is 1.09. The Labute approximate surface area is 119 Å². The van der Waals surface area contributed by atoms with E-state index in [4.69, 9.17) is 0 Å². The average Bonchev–Trinajstić information content (AvgIpc) is 2.50. The number of hydrogen-bond acceptors (Lipinski definition) is 2. The molecule has 0 aromatic heterocycles. The number of benzene rings is 3. The SMILES string of the molecule is CNc1ccccc1Nc1c(C)ccc2ccccc12. The molecule has 0 saturated heterocycles. The van der Waals surface area contributed by atoms with Crippen molar-refractivity contribution in [1.82, 2.24) is 0 Å². The first-order chi connectivity index (χ1) is 9.79. The second kappa shape index (κ2) is 5.25. The molecule has 0 atom stereocenters. The summed E-state index contributed by atoms with van der Waals surface area (Å²) in [6.07, 6.45) is 0. The summed E-state index contributed by atoms with van der Waals surface area (Å²) in [6, 6.07) is 21.0. The van der Waals surface area contributed by atoms with E-state index in [-0.39, 0.29) is 0 Å². The molecule has 20 heavy (non-hydrogen) atoms. The maximum Gasteiger partial charge on any atom is 0.0620 e. The van der Waals surface area contributed by atoms with Gasteiger partial charge >= 0.3 is 0 Å². The standard InChI is InChI=1S/C18H18N2/c1-13-11-12-14-7-3-4-8-15(14)18(13)20-17-10-6-5-9-16(17)19-2/h3-12,19-20H,1-2H3. The van der Waals surface area contributed by atoms with Gasteiger partial charge < -0.3 is 10.6 Å². The second-order valence-corrected chi connectivity index (χ2v) is 4.90. The Kier molecular flexibility index (Phi) is 3.30. The Bertz CT molecular complexity index is 747. The molecule has 0 amide bonds. The maximum absolute atomic E-state index is 3.57. The number of aryl methyl sites for hydroxylation is 1. The first kappa shape index (κ1) is 12.5. The first-order valence-electron chi connectivity index (χ1n) is 6.82. The third kappa shape index (κ3) is 2.21. The van der Waals surface area contributed by atoms with Crippen molar-refractivity contribution < 1.29 is 0 Å². The summed E-state index contributed by atoms with van der Waals surface area (Å²) in [5.74, 6) is 0. The molecule has 0 aliphatic rings. The van der Waals surface area contributed by atoms with Gasteiger partial charge in [-0.2, -0.15) is 0 Å². The lowest BCUT2D eigenvalue weighted by molar-refractivity contribution is 1.44. The van der Waals surface area contributed by atoms with Crippen LogP contribution in [-0.2, 0) is 0 Å². The van der Waals surface area contributed by atoms with Crippen LogP contribution in [0.4, 0.5) is 17.1 Å². The molecule has 3 aromatic carbocycles. The van der Waals surface area contributed by atoms with E-state index in [0.29, 0.717) is 0 Å². The zero-order valence-corrected chi connectivity index (χ0v) is 11.8. The average molecular weight is 262 g/mol. The predicted molar refractivity (Wildman–Crippen MR) is 88.0 cm³/mol. The molecule has 0 aliphatic heterocycles. The Morgan fingerprint density at radius 1 is 0.750 bits per heavy atom. The highest BCUT2D eigenvalue weighted by molar-refractivity contribution is 5.97. The van der Waals surface area contributed by atoms with Crippen LogP contribution >= 0.6 is 0 Å². The molecule has 2 heteroatoms. The third-order valence-electron chi connectivity index (χ3n) is 3.59. The molecule has 0 radical (unpaired) electrons. The molecule has 3 rings (SSSR count). The van der Waals surface area contributed by atoms with Crippen molar-refractivity contribution in [2.45, 2.75) is 6.92 Å². The second-order valence-electron chi connectivity index (χ2n) is 4.90. The largest absolute Gasteiger partial charge is 0.386 e. The number of nitrogens with one attached hydrogen (secondary N) is 2. The van der Waals surface area contributed by atoms with Crippen molar-refractivity contribution in [2.75, 3.05) is 17.7 Å². The van der Waals surface area contributed by atoms with Gasteiger partial charge in [0.2, 0.25) is 0 Å². The molecule has 0 fully saturated rings. The number of para-hydroxylation sites is 2. The van der Waals surface area contributed by atoms with Crippen LogP contribution in [-0.4, -0.2) is 7.05 Å². The lowest BCUT2D eigenvalue weighted by atomic mass is 10.0. The van der Waals surface area contributed by atoms with Crippen molar-refractivity contribution in [3.05, 3.63) is 66.2 Å². The Hall–Kier alpha value is -2.48. The van der Waals surface area contributed by atoms with Crippen LogP contribution in [0.5, 0.6) is 0 Å². The zero-order chi connectivity index (χ0) is 13.9. The highest BCUT2D eigenvalue weighted by Gasteiger charge is 2.06. The first-order valence-corrected chi connectivity index (χ1v) is 6.82. The van der Waals surface area contributed by atoms with E-state index in [0.717, 1.165) is 11.4 Å². The van der Waals surface area contributed by atoms with Gasteiger partial charge in [-0.05, 0) is 30.0 Å². The van der Waals surface area contributed by atoms with Gasteiger partial charge in [-0.3, -0.25) is 0 Å². The van der Waals surface area contributed by atoms with Crippen molar-refractivity contribution in [3.63, 3.8) is 0 Å². The van der Waals surface area contributed by atoms with E-state index in [1.165, 1.54) is 22.0 Å². The topological polar surface area (TPSA) is 24.1 Å². The summed E-state index contributed by atoms with van der Waals surface area (Å²) >= 11 is 0. The number of hydrogen-bond donors (Lipinski definition) is 2. The van der Waals surface area contributed by atoms with Gasteiger partial charge in [-0.1, -0.05) is 48.5 Å². The van der Waals surface area contributed by atoms with Crippen LogP contribution < -0.4 is 10.6 Å². The third-order valence-corrected chi connectivity index (χ3v) is 3.59. The van der Waals surface area contributed by atoms with E-state index in [1.807, 2.05) is 19.2 Å². The van der Waals surface area contributed by atoms with Gasteiger partial charge in [-0.15, -0.1) is 0 Å². The Balaban J connectivity index is 2.13. The van der Waals surface area contributed by atoms with Crippen LogP contribution in [0, 0.1) is 6.92 Å². The molecule has 2 nitrogen and oxygen atoms in total. The van der Waals surface area contributed by atoms with Crippen LogP contribution in [0.3, 0.4) is 0 Å². The van der Waals surface area contributed by atoms with E-state index >= 15 is 0 Å². The zero-order valence-electron chi connectivity index (χ0n) is 11.8. The summed E-state index contributed by atoms with van der Waals surface area (Å²) < 4.78 is 0. The van der Waals surface area contributed by atoms with Crippen LogP contribution in [0.25, 0.3) is 10.8 Å². The number of fused-ring (bicyclic) bond motifs is 1. The van der Waals surface area contributed by atoms with E-state index < -0.39 is 0 Å². The highest BCUT2D eigenvalue weighted by Crippen LogP contribution is 2.32. The molecule has 0 aliphatic carbocycles. The molecule has 2 N–H and O–H groups in total. The lowest BCUT2D eigenvalue weighted by Gasteiger charge is -2.15. The number of anilines is 3. The maximum atomic E-state index is 3.57. The normalized spacial score (nSPS) is 10.5. The van der Waals surface area contributed by atoms with Crippen molar-refractivity contribution in [1.29, 1.82) is 0 Å². The van der Waals surface area contributed by atoms with Gasteiger partial charge in [0.1, 0.15) is 0 Å². The monoisotopic (exact) mass is 262 g/mol. The van der Waals surface area contributed by atoms with E-state index in [2.05, 4.69) is 66.1 Å². The molecular weight excluding hydrogens is 244 g/mol. The summed E-state index contributed by atoms with van der Waals surface area (Å²) in [5, 5.41) is 9.29. The summed E-state index contributed by atoms with van der Waals surface area (Å²) in [5.41, 5.74) is 4.61. The van der Waals surface area contributed by atoms with Gasteiger partial charge in [0.25, 0.3) is 0 Å². The minimum atomic E-state index is 1.09. The molecule has 0 saturated carbocycles. The van der Waals surface area contributed by atoms with Crippen LogP contribution in [0.1, 0.15) is 5.56 Å². The fourth-order valence-electron chi connectivity index (χ4n) is 2.49. The summed E-state index contributed by atoms with van der Waals surface area (Å²) in [6.45, 7) is 2.14. The van der Waals surface area contributed by atoms with Crippen molar-refractivity contribution in [3.8, 4) is 0 Å². The fourth-order valence-corrected chi connectivity index (χ4v) is 2.49. The molecule has 0 spiro atoms. The van der Waals surface area contributed by atoms with Crippen molar-refractivity contribution >= 4 is 27.8 Å². The molecule has 0 bridgehead atoms. The molecule has 0 heterocycles. The Morgan fingerprint density at radius 3 is 2.25 bits per heavy atom. The van der Waals surface area contributed by atoms with Gasteiger partial charge in [0.15, 0.2) is 0 Å². The lowest BCUT2D eigenvalue weighted by Crippen LogP contribution is -1.98. The smallest absolute Gasteiger partial charge is 0.0620 e. The van der Waals surface area contributed by atoms with Crippen LogP contribution in [0.2, 0.25) is 0 Å². The minimum Gasteiger partial charge on any atom is -0.386 e. The van der Waals surface area contributed by atoms with Gasteiger partial charge in [-0.25, -0.2) is 0 Å². The quantitative estimate of drug-likeness (QED) is 0.699. The van der Waals surface area contributed by atoms with Gasteiger partial charge in [0, 0.05) is 18.1 Å². The molecular formula is C18H18N2. The molecule has 0 unspecified atom stereocenters. The van der Waals surface area contributed by atoms with E-state index in [1.54, 1.807) is 0 Å². The van der Waals surface area contributed by atoms with Crippen LogP contribution in [0.15, 0.2) is 60.7 Å². The van der Waals surface area contributed by atoms with E-state index in [9.17, 15) is 0 Å². The number of rotatable bonds is 3. The molecule has 3 aromatic rings. The summed E-state index contributed by atoms with van der Waals surface area (Å²) in [4.78, 5) is 0.